The number of hydrogen-bond acceptors (Lipinski definition) is 4. The Labute approximate surface area is 181 Å². The molecular weight excluding hydrogens is 388 g/mol. The third-order valence-corrected chi connectivity index (χ3v) is 6.80. The number of nitrogens with zero attached hydrogens (tertiary/aromatic N) is 4. The maximum atomic E-state index is 9.12. The van der Waals surface area contributed by atoms with E-state index in [2.05, 4.69) is 73.9 Å². The van der Waals surface area contributed by atoms with Crippen molar-refractivity contribution in [3.05, 3.63) is 65.7 Å². The van der Waals surface area contributed by atoms with E-state index in [1.54, 1.807) is 11.3 Å². The van der Waals surface area contributed by atoms with Gasteiger partial charge in [-0.15, -0.1) is 0 Å². The summed E-state index contributed by atoms with van der Waals surface area (Å²) in [7, 11) is 0. The van der Waals surface area contributed by atoms with Gasteiger partial charge in [0, 0.05) is 65.2 Å². The van der Waals surface area contributed by atoms with E-state index < -0.39 is 0 Å². The summed E-state index contributed by atoms with van der Waals surface area (Å²) in [4.78, 5) is 7.02. The Bertz CT molecular complexity index is 1180. The Balaban J connectivity index is 1.42. The number of fused-ring (bicyclic) bond motifs is 1. The van der Waals surface area contributed by atoms with Crippen LogP contribution in [0.1, 0.15) is 12.8 Å². The Morgan fingerprint density at radius 1 is 1.03 bits per heavy atom. The smallest absolute Gasteiger partial charge is 0.0656 e. The summed E-state index contributed by atoms with van der Waals surface area (Å²) in [6.45, 7) is 4.02. The van der Waals surface area contributed by atoms with Crippen molar-refractivity contribution in [3.63, 3.8) is 0 Å². The van der Waals surface area contributed by atoms with Gasteiger partial charge in [-0.1, -0.05) is 18.2 Å². The minimum Gasteiger partial charge on any atom is -0.346 e. The molecule has 4 aromatic rings. The van der Waals surface area contributed by atoms with Crippen LogP contribution in [0.2, 0.25) is 0 Å². The summed E-state index contributed by atoms with van der Waals surface area (Å²) in [6, 6.07) is 15.4. The van der Waals surface area contributed by atoms with E-state index in [1.165, 1.54) is 22.0 Å². The molecule has 0 bridgehead atoms. The monoisotopic (exact) mass is 412 g/mol. The van der Waals surface area contributed by atoms with Gasteiger partial charge in [0.25, 0.3) is 0 Å². The van der Waals surface area contributed by atoms with Crippen molar-refractivity contribution in [1.82, 2.24) is 14.5 Å². The number of thiophene rings is 1. The van der Waals surface area contributed by atoms with E-state index in [4.69, 9.17) is 5.26 Å². The van der Waals surface area contributed by atoms with Gasteiger partial charge in [-0.2, -0.15) is 16.6 Å². The molecular formula is C25H24N4S. The first-order valence-corrected chi connectivity index (χ1v) is 11.4. The zero-order chi connectivity index (χ0) is 20.3. The quantitative estimate of drug-likeness (QED) is 0.424. The van der Waals surface area contributed by atoms with Gasteiger partial charge in [-0.3, -0.25) is 4.98 Å². The Kier molecular flexibility index (Phi) is 5.35. The van der Waals surface area contributed by atoms with Crippen LogP contribution in [0.3, 0.4) is 0 Å². The van der Waals surface area contributed by atoms with E-state index >= 15 is 0 Å². The maximum Gasteiger partial charge on any atom is 0.0656 e. The minimum atomic E-state index is 0.239. The topological polar surface area (TPSA) is 44.9 Å². The molecule has 0 N–H and O–H groups in total. The number of benzene rings is 1. The fourth-order valence-corrected chi connectivity index (χ4v) is 5.04. The second-order valence-electron chi connectivity index (χ2n) is 7.97. The molecule has 1 aliphatic heterocycles. The van der Waals surface area contributed by atoms with Gasteiger partial charge in [0.05, 0.1) is 6.07 Å². The van der Waals surface area contributed by atoms with Crippen LogP contribution >= 0.6 is 11.3 Å². The molecule has 0 spiro atoms. The lowest BCUT2D eigenvalue weighted by atomic mass is 9.99. The second kappa shape index (κ2) is 8.43. The molecule has 1 aromatic carbocycles. The van der Waals surface area contributed by atoms with E-state index in [0.717, 1.165) is 50.1 Å². The number of pyridine rings is 1. The van der Waals surface area contributed by atoms with Crippen molar-refractivity contribution in [3.8, 4) is 28.3 Å². The predicted octanol–water partition coefficient (Wildman–Crippen LogP) is 5.67. The predicted molar refractivity (Wildman–Crippen MR) is 123 cm³/mol. The zero-order valence-electron chi connectivity index (χ0n) is 16.9. The van der Waals surface area contributed by atoms with Crippen LogP contribution in [0.15, 0.2) is 65.7 Å². The summed E-state index contributed by atoms with van der Waals surface area (Å²) < 4.78 is 2.37. The largest absolute Gasteiger partial charge is 0.346 e. The van der Waals surface area contributed by atoms with Gasteiger partial charge in [-0.05, 0) is 60.5 Å². The fraction of sp³-hybridized carbons (Fsp3) is 0.280. The Morgan fingerprint density at radius 3 is 2.67 bits per heavy atom. The van der Waals surface area contributed by atoms with Crippen molar-refractivity contribution in [2.24, 2.45) is 5.92 Å². The van der Waals surface area contributed by atoms with Crippen LogP contribution < -0.4 is 0 Å². The first-order valence-electron chi connectivity index (χ1n) is 10.5. The standard InChI is InChI=1S/C25H24N4S/c26-14-19-5-8-28(9-6-19)10-11-29-17-24(23-3-1-2-4-25(23)29)22-13-21(15-27-16-22)20-7-12-30-18-20/h1-4,7,12-13,15-19H,5-6,8-11H2. The summed E-state index contributed by atoms with van der Waals surface area (Å²) in [5, 5.41) is 14.7. The molecule has 5 rings (SSSR count). The van der Waals surface area contributed by atoms with Gasteiger partial charge in [0.2, 0.25) is 0 Å². The highest BCUT2D eigenvalue weighted by Gasteiger charge is 2.19. The third kappa shape index (κ3) is 3.77. The minimum absolute atomic E-state index is 0.239. The van der Waals surface area contributed by atoms with Crippen LogP contribution in [0, 0.1) is 17.2 Å². The number of nitriles is 1. The van der Waals surface area contributed by atoms with Gasteiger partial charge in [0.15, 0.2) is 0 Å². The highest BCUT2D eigenvalue weighted by Crippen LogP contribution is 2.33. The molecule has 4 nitrogen and oxygen atoms in total. The number of aromatic nitrogens is 2. The summed E-state index contributed by atoms with van der Waals surface area (Å²) in [5.41, 5.74) is 6.03. The number of rotatable bonds is 5. The van der Waals surface area contributed by atoms with Crippen molar-refractivity contribution >= 4 is 22.2 Å². The molecule has 1 fully saturated rings. The molecule has 30 heavy (non-hydrogen) atoms. The average Bonchev–Trinajstić information content (AvgIpc) is 3.47. The lowest BCUT2D eigenvalue weighted by Crippen LogP contribution is -2.35. The van der Waals surface area contributed by atoms with Crippen molar-refractivity contribution in [2.75, 3.05) is 19.6 Å². The third-order valence-electron chi connectivity index (χ3n) is 6.12. The van der Waals surface area contributed by atoms with Crippen LogP contribution in [0.4, 0.5) is 0 Å². The molecule has 4 heterocycles. The molecule has 1 saturated heterocycles. The average molecular weight is 413 g/mol. The number of piperidine rings is 1. The number of hydrogen-bond donors (Lipinski definition) is 0. The van der Waals surface area contributed by atoms with Crippen molar-refractivity contribution < 1.29 is 0 Å². The molecule has 0 atom stereocenters. The summed E-state index contributed by atoms with van der Waals surface area (Å²) in [5.74, 6) is 0.239. The molecule has 0 saturated carbocycles. The van der Waals surface area contributed by atoms with Crippen LogP contribution in [0.25, 0.3) is 33.2 Å². The molecule has 0 unspecified atom stereocenters. The summed E-state index contributed by atoms with van der Waals surface area (Å²) in [6.07, 6.45) is 8.18. The van der Waals surface area contributed by atoms with Crippen molar-refractivity contribution in [2.45, 2.75) is 19.4 Å². The SMILES string of the molecule is N#CC1CCN(CCn2cc(-c3cncc(-c4ccsc4)c3)c3ccccc32)CC1. The van der Waals surface area contributed by atoms with Gasteiger partial charge in [0.1, 0.15) is 0 Å². The van der Waals surface area contributed by atoms with Gasteiger partial charge in [-0.25, -0.2) is 0 Å². The maximum absolute atomic E-state index is 9.12. The molecule has 0 radical (unpaired) electrons. The van der Waals surface area contributed by atoms with E-state index in [0.29, 0.717) is 0 Å². The molecule has 0 aliphatic carbocycles. The molecule has 1 aliphatic rings. The normalized spacial score (nSPS) is 15.4. The molecule has 150 valence electrons. The van der Waals surface area contributed by atoms with Crippen LogP contribution in [0.5, 0.6) is 0 Å². The molecule has 5 heteroatoms. The van der Waals surface area contributed by atoms with Crippen LogP contribution in [-0.2, 0) is 6.54 Å². The number of likely N-dealkylation sites (tertiary alicyclic amines) is 1. The first kappa shape index (κ1) is 19.0. The first-order chi connectivity index (χ1) is 14.8. The van der Waals surface area contributed by atoms with Crippen LogP contribution in [-0.4, -0.2) is 34.1 Å². The lowest BCUT2D eigenvalue weighted by Gasteiger charge is -2.29. The molecule has 3 aromatic heterocycles. The van der Waals surface area contributed by atoms with Gasteiger partial charge < -0.3 is 9.47 Å². The van der Waals surface area contributed by atoms with Gasteiger partial charge >= 0.3 is 0 Å². The molecule has 0 amide bonds. The Morgan fingerprint density at radius 2 is 1.87 bits per heavy atom. The second-order valence-corrected chi connectivity index (χ2v) is 8.75. The van der Waals surface area contributed by atoms with Crippen molar-refractivity contribution in [1.29, 1.82) is 5.26 Å². The number of para-hydroxylation sites is 1. The Hall–Kier alpha value is -2.94. The highest BCUT2D eigenvalue weighted by atomic mass is 32.1. The zero-order valence-corrected chi connectivity index (χ0v) is 17.7. The summed E-state index contributed by atoms with van der Waals surface area (Å²) >= 11 is 1.71. The fourth-order valence-electron chi connectivity index (χ4n) is 4.37. The van der Waals surface area contributed by atoms with E-state index in [1.807, 2.05) is 12.4 Å². The van der Waals surface area contributed by atoms with E-state index in [-0.39, 0.29) is 5.92 Å². The lowest BCUT2D eigenvalue weighted by molar-refractivity contribution is 0.200. The van der Waals surface area contributed by atoms with E-state index in [9.17, 15) is 0 Å². The highest BCUT2D eigenvalue weighted by molar-refractivity contribution is 7.08.